The summed E-state index contributed by atoms with van der Waals surface area (Å²) in [6.07, 6.45) is 12.7. The molecule has 0 saturated carbocycles. The van der Waals surface area contributed by atoms with E-state index in [1.54, 1.807) is 0 Å². The van der Waals surface area contributed by atoms with Crippen LogP contribution in [0.4, 0.5) is 0 Å². The second-order valence-electron chi connectivity index (χ2n) is 9.84. The van der Waals surface area contributed by atoms with E-state index in [1.165, 1.54) is 18.6 Å². The van der Waals surface area contributed by atoms with Gasteiger partial charge in [-0.1, -0.05) is 50.3 Å². The first-order valence-electron chi connectivity index (χ1n) is 13.6. The van der Waals surface area contributed by atoms with Gasteiger partial charge in [-0.25, -0.2) is 9.36 Å². The number of fused-ring (bicyclic) bond motifs is 1. The van der Waals surface area contributed by atoms with E-state index >= 15 is 0 Å². The van der Waals surface area contributed by atoms with Crippen LogP contribution in [0.5, 0.6) is 0 Å². The van der Waals surface area contributed by atoms with Crippen molar-refractivity contribution in [2.45, 2.75) is 121 Å². The Morgan fingerprint density at radius 3 is 2.41 bits per heavy atom. The normalized spacial score (nSPS) is 35.2. The molecule has 0 aromatic rings. The quantitative estimate of drug-likeness (QED) is 0.173. The molecule has 37 heavy (non-hydrogen) atoms. The second kappa shape index (κ2) is 17.5. The van der Waals surface area contributed by atoms with E-state index in [0.717, 1.165) is 57.8 Å². The molecule has 0 aromatic carbocycles. The largest absolute Gasteiger partial charge is 0.472 e. The highest BCUT2D eigenvalue weighted by molar-refractivity contribution is 7.47. The van der Waals surface area contributed by atoms with E-state index in [2.05, 4.69) is 12.2 Å². The third-order valence-corrected chi connectivity index (χ3v) is 7.55. The number of carbonyl (C=O) groups is 1. The number of epoxide rings is 1. The van der Waals surface area contributed by atoms with Gasteiger partial charge in [0.25, 0.3) is 0 Å². The summed E-state index contributed by atoms with van der Waals surface area (Å²) in [5.41, 5.74) is 5.34. The van der Waals surface area contributed by atoms with Crippen LogP contribution in [-0.2, 0) is 27.9 Å². The Kier molecular flexibility index (Phi) is 15.2. The maximum atomic E-state index is 12.3. The van der Waals surface area contributed by atoms with Crippen LogP contribution in [0.25, 0.3) is 0 Å². The molecular formula is C26H46NO9P. The van der Waals surface area contributed by atoms with Gasteiger partial charge in [0, 0.05) is 12.6 Å². The first-order valence-corrected chi connectivity index (χ1v) is 15.1. The van der Waals surface area contributed by atoms with E-state index < -0.39 is 44.3 Å². The van der Waals surface area contributed by atoms with Crippen molar-refractivity contribution in [1.82, 2.24) is 0 Å². The number of aliphatic hydroxyl groups excluding tert-OH is 2. The molecule has 2 heterocycles. The van der Waals surface area contributed by atoms with Crippen molar-refractivity contribution in [3.05, 3.63) is 24.3 Å². The van der Waals surface area contributed by atoms with Crippen LogP contribution in [0.1, 0.15) is 84.0 Å². The minimum atomic E-state index is -4.45. The number of nitrogens with two attached hydrogens (primary N) is 1. The molecular weight excluding hydrogens is 501 g/mol. The van der Waals surface area contributed by atoms with E-state index in [1.807, 2.05) is 6.92 Å². The lowest BCUT2D eigenvalue weighted by Crippen LogP contribution is -2.34. The Bertz CT molecular complexity index is 762. The summed E-state index contributed by atoms with van der Waals surface area (Å²) in [7, 11) is -4.45. The summed E-state index contributed by atoms with van der Waals surface area (Å²) in [6.45, 7) is 1.70. The minimum absolute atomic E-state index is 0.0340. The monoisotopic (exact) mass is 547 g/mol. The van der Waals surface area contributed by atoms with Crippen molar-refractivity contribution < 1.29 is 43.0 Å². The molecule has 1 fully saturated rings. The zero-order chi connectivity index (χ0) is 27.1. The minimum Gasteiger partial charge on any atom is -0.460 e. The van der Waals surface area contributed by atoms with Gasteiger partial charge in [-0.15, -0.1) is 0 Å². The molecule has 7 atom stereocenters. The highest BCUT2D eigenvalue weighted by Gasteiger charge is 2.52. The molecule has 0 spiro atoms. The van der Waals surface area contributed by atoms with Gasteiger partial charge >= 0.3 is 13.8 Å². The predicted octanol–water partition coefficient (Wildman–Crippen LogP) is 3.68. The molecule has 0 aromatic heterocycles. The zero-order valence-corrected chi connectivity index (χ0v) is 22.9. The topological polar surface area (TPSA) is 161 Å². The van der Waals surface area contributed by atoms with Crippen molar-refractivity contribution in [3.8, 4) is 0 Å². The first-order chi connectivity index (χ1) is 17.7. The molecule has 1 saturated heterocycles. The molecule has 0 radical (unpaired) electrons. The van der Waals surface area contributed by atoms with Crippen LogP contribution in [0, 0.1) is 0 Å². The maximum absolute atomic E-state index is 12.3. The van der Waals surface area contributed by atoms with Gasteiger partial charge in [-0.3, -0.25) is 9.05 Å². The van der Waals surface area contributed by atoms with Crippen LogP contribution in [0.2, 0.25) is 0 Å². The van der Waals surface area contributed by atoms with Crippen LogP contribution < -0.4 is 5.73 Å². The summed E-state index contributed by atoms with van der Waals surface area (Å²) in [6, 6.07) is 0. The molecule has 2 aliphatic heterocycles. The lowest BCUT2D eigenvalue weighted by atomic mass is 9.99. The van der Waals surface area contributed by atoms with Crippen LogP contribution >= 0.6 is 7.82 Å². The number of allylic oxidation sites excluding steroid dienone is 2. The highest BCUT2D eigenvalue weighted by Crippen LogP contribution is 2.48. The number of hydrogen-bond acceptors (Lipinski definition) is 9. The number of rotatable bonds is 5. The Morgan fingerprint density at radius 2 is 1.68 bits per heavy atom. The van der Waals surface area contributed by atoms with E-state index in [0.29, 0.717) is 6.42 Å². The summed E-state index contributed by atoms with van der Waals surface area (Å²) in [5.74, 6) is -0.522. The number of phosphoric ester groups is 1. The van der Waals surface area contributed by atoms with Crippen molar-refractivity contribution in [1.29, 1.82) is 0 Å². The van der Waals surface area contributed by atoms with Gasteiger partial charge in [0.2, 0.25) is 0 Å². The molecule has 2 rings (SSSR count). The summed E-state index contributed by atoms with van der Waals surface area (Å²) in [5, 5.41) is 21.0. The number of aliphatic hydroxyl groups is 2. The van der Waals surface area contributed by atoms with Crippen LogP contribution in [-0.4, -0.2) is 70.9 Å². The van der Waals surface area contributed by atoms with Crippen molar-refractivity contribution >= 4 is 13.8 Å². The Hall–Kier alpha value is -1.10. The van der Waals surface area contributed by atoms with Gasteiger partial charge in [0.1, 0.15) is 24.4 Å². The average Bonchev–Trinajstić information content (AvgIpc) is 3.64. The summed E-state index contributed by atoms with van der Waals surface area (Å²) >= 11 is 0. The van der Waals surface area contributed by atoms with Crippen molar-refractivity contribution in [3.63, 3.8) is 0 Å². The summed E-state index contributed by atoms with van der Waals surface area (Å²) in [4.78, 5) is 22.2. The molecule has 7 unspecified atom stereocenters. The third kappa shape index (κ3) is 13.5. The lowest BCUT2D eigenvalue weighted by molar-refractivity contribution is -0.142. The first kappa shape index (κ1) is 32.1. The van der Waals surface area contributed by atoms with E-state index in [9.17, 15) is 24.5 Å². The highest BCUT2D eigenvalue weighted by atomic mass is 31.2. The fourth-order valence-electron chi connectivity index (χ4n) is 4.38. The molecule has 2 aliphatic rings. The molecule has 5 N–H and O–H groups in total. The molecule has 10 nitrogen and oxygen atoms in total. The molecule has 0 bridgehead atoms. The van der Waals surface area contributed by atoms with Gasteiger partial charge in [-0.2, -0.15) is 0 Å². The number of carbonyl (C=O) groups excluding carboxylic acids is 1. The van der Waals surface area contributed by atoms with E-state index in [4.69, 9.17) is 24.3 Å². The predicted molar refractivity (Wildman–Crippen MR) is 140 cm³/mol. The van der Waals surface area contributed by atoms with Gasteiger partial charge < -0.3 is 30.3 Å². The fourth-order valence-corrected chi connectivity index (χ4v) is 5.33. The summed E-state index contributed by atoms with van der Waals surface area (Å²) < 4.78 is 33.4. The van der Waals surface area contributed by atoms with Gasteiger partial charge in [0.15, 0.2) is 0 Å². The molecule has 0 aliphatic carbocycles. The number of esters is 1. The maximum Gasteiger partial charge on any atom is 0.472 e. The standard InChI is InChI=1S/C26H46NO9P/c1-20-14-11-9-7-5-3-2-4-6-8-10-12-15-21(28)24(30)26-25(35-26)22(16-13-17-23(29)34-20)36-37(31,32)33-19-18-27/h5,7,13,17,20-22,24-26,28,30H,2-4,6,8-12,14-16,18-19,27H2,1H3,(H,31,32)/b7-5+,17-13+. The Labute approximate surface area is 220 Å². The third-order valence-electron chi connectivity index (χ3n) is 6.51. The zero-order valence-electron chi connectivity index (χ0n) is 22.0. The smallest absolute Gasteiger partial charge is 0.460 e. The average molecular weight is 548 g/mol. The molecule has 0 amide bonds. The molecule has 214 valence electrons. The lowest BCUT2D eigenvalue weighted by Gasteiger charge is -2.20. The van der Waals surface area contributed by atoms with Gasteiger partial charge in [-0.05, 0) is 51.9 Å². The van der Waals surface area contributed by atoms with Crippen LogP contribution in [0.3, 0.4) is 0 Å². The Morgan fingerprint density at radius 1 is 1.00 bits per heavy atom. The van der Waals surface area contributed by atoms with E-state index in [-0.39, 0.29) is 25.7 Å². The number of cyclic esters (lactones) is 1. The Balaban J connectivity index is 2.02. The SMILES string of the molecule is CC1CCC/C=C/CCCCCCCCC(O)C(O)C2OC2C(OP(=O)(O)OCCN)C/C=C/C(=O)O1. The number of hydrogen-bond donors (Lipinski definition) is 4. The number of ether oxygens (including phenoxy) is 2. The second-order valence-corrected chi connectivity index (χ2v) is 11.3. The fraction of sp³-hybridized carbons (Fsp3) is 0.808. The van der Waals surface area contributed by atoms with Gasteiger partial charge in [0.05, 0.1) is 18.8 Å². The number of phosphoric acid groups is 1. The van der Waals surface area contributed by atoms with Crippen LogP contribution in [0.15, 0.2) is 24.3 Å². The van der Waals surface area contributed by atoms with Crippen molar-refractivity contribution in [2.24, 2.45) is 5.73 Å². The molecule has 11 heteroatoms. The van der Waals surface area contributed by atoms with Crippen molar-refractivity contribution in [2.75, 3.05) is 13.2 Å².